The summed E-state index contributed by atoms with van der Waals surface area (Å²) in [5.41, 5.74) is 5.55. The summed E-state index contributed by atoms with van der Waals surface area (Å²) >= 11 is 0. The molecular formula is C18H23N3. The van der Waals surface area contributed by atoms with Crippen LogP contribution in [0.25, 0.3) is 10.9 Å². The maximum atomic E-state index is 4.95. The quantitative estimate of drug-likeness (QED) is 0.801. The molecule has 1 aliphatic heterocycles. The monoisotopic (exact) mass is 281 g/mol. The lowest BCUT2D eigenvalue weighted by Gasteiger charge is -2.37. The van der Waals surface area contributed by atoms with Crippen LogP contribution >= 0.6 is 0 Å². The Hall–Kier alpha value is -1.61. The molecule has 3 nitrogen and oxygen atoms in total. The molecule has 0 saturated carbocycles. The third-order valence-corrected chi connectivity index (χ3v) is 4.96. The van der Waals surface area contributed by atoms with Gasteiger partial charge in [-0.3, -0.25) is 4.98 Å². The van der Waals surface area contributed by atoms with Gasteiger partial charge in [-0.05, 0) is 44.4 Å². The number of likely N-dealkylation sites (N-methyl/N-ethyl adjacent to an activating group) is 1. The van der Waals surface area contributed by atoms with Crippen LogP contribution in [-0.2, 0) is 12.8 Å². The van der Waals surface area contributed by atoms with Crippen molar-refractivity contribution in [3.8, 4) is 0 Å². The number of hydrogen-bond donors (Lipinski definition) is 0. The number of nitrogens with zero attached hydrogens (tertiary/aromatic N) is 3. The molecule has 4 rings (SSSR count). The predicted octanol–water partition coefficient (Wildman–Crippen LogP) is 2.87. The second kappa shape index (κ2) is 5.30. The van der Waals surface area contributed by atoms with Gasteiger partial charge in [0.15, 0.2) is 0 Å². The maximum Gasteiger partial charge on any atom is 0.0726 e. The molecule has 0 bridgehead atoms. The van der Waals surface area contributed by atoms with Crippen LogP contribution in [0.2, 0.25) is 0 Å². The third-order valence-electron chi connectivity index (χ3n) is 4.96. The fourth-order valence-electron chi connectivity index (χ4n) is 3.74. The summed E-state index contributed by atoms with van der Waals surface area (Å²) in [4.78, 5) is 9.98. The van der Waals surface area contributed by atoms with Crippen molar-refractivity contribution in [1.29, 1.82) is 0 Å². The van der Waals surface area contributed by atoms with Crippen molar-refractivity contribution in [1.82, 2.24) is 9.88 Å². The lowest BCUT2D eigenvalue weighted by Crippen LogP contribution is -2.45. The standard InChI is InChI=1S/C18H23N3/c1-20-10-12-21(13-11-20)18-14-6-2-4-8-16(14)19-17-9-5-3-7-15(17)18/h2,4,6,8H,3,5,7,9-13H2,1H3. The van der Waals surface area contributed by atoms with E-state index in [0.717, 1.165) is 32.6 Å². The number of aromatic nitrogens is 1. The fraction of sp³-hybridized carbons (Fsp3) is 0.500. The van der Waals surface area contributed by atoms with Crippen molar-refractivity contribution < 1.29 is 0 Å². The molecule has 2 heterocycles. The van der Waals surface area contributed by atoms with E-state index in [9.17, 15) is 0 Å². The summed E-state index contributed by atoms with van der Waals surface area (Å²) < 4.78 is 0. The topological polar surface area (TPSA) is 19.4 Å². The first-order valence-corrected chi connectivity index (χ1v) is 8.17. The van der Waals surface area contributed by atoms with Crippen molar-refractivity contribution in [3.05, 3.63) is 35.5 Å². The smallest absolute Gasteiger partial charge is 0.0726 e. The summed E-state index contributed by atoms with van der Waals surface area (Å²) in [6.45, 7) is 4.59. The molecule has 0 atom stereocenters. The molecule has 110 valence electrons. The highest BCUT2D eigenvalue weighted by Crippen LogP contribution is 2.36. The minimum Gasteiger partial charge on any atom is -0.368 e. The number of pyridine rings is 1. The van der Waals surface area contributed by atoms with Crippen LogP contribution in [0.3, 0.4) is 0 Å². The molecule has 21 heavy (non-hydrogen) atoms. The Balaban J connectivity index is 1.88. The zero-order valence-electron chi connectivity index (χ0n) is 12.8. The lowest BCUT2D eigenvalue weighted by molar-refractivity contribution is 0.313. The van der Waals surface area contributed by atoms with Gasteiger partial charge in [0.1, 0.15) is 0 Å². The fourth-order valence-corrected chi connectivity index (χ4v) is 3.74. The van der Waals surface area contributed by atoms with E-state index in [4.69, 9.17) is 4.98 Å². The van der Waals surface area contributed by atoms with E-state index in [-0.39, 0.29) is 0 Å². The zero-order chi connectivity index (χ0) is 14.2. The first-order chi connectivity index (χ1) is 10.3. The number of anilines is 1. The van der Waals surface area contributed by atoms with Crippen LogP contribution in [0, 0.1) is 0 Å². The highest BCUT2D eigenvalue weighted by molar-refractivity contribution is 5.94. The van der Waals surface area contributed by atoms with Gasteiger partial charge in [0, 0.05) is 37.3 Å². The molecule has 1 aromatic heterocycles. The number of rotatable bonds is 1. The third kappa shape index (κ3) is 2.30. The van der Waals surface area contributed by atoms with Crippen molar-refractivity contribution in [2.45, 2.75) is 25.7 Å². The molecule has 1 aromatic carbocycles. The first-order valence-electron chi connectivity index (χ1n) is 8.17. The predicted molar refractivity (Wildman–Crippen MR) is 88.1 cm³/mol. The number of fused-ring (bicyclic) bond motifs is 2. The summed E-state index contributed by atoms with van der Waals surface area (Å²) in [6, 6.07) is 8.69. The van der Waals surface area contributed by atoms with Crippen molar-refractivity contribution in [3.63, 3.8) is 0 Å². The van der Waals surface area contributed by atoms with E-state index in [0.29, 0.717) is 0 Å². The van der Waals surface area contributed by atoms with Gasteiger partial charge in [-0.25, -0.2) is 0 Å². The Bertz CT molecular complexity index is 657. The van der Waals surface area contributed by atoms with Crippen LogP contribution in [0.4, 0.5) is 5.69 Å². The summed E-state index contributed by atoms with van der Waals surface area (Å²) in [7, 11) is 2.22. The lowest BCUT2D eigenvalue weighted by atomic mass is 9.92. The molecule has 2 aromatic rings. The summed E-state index contributed by atoms with van der Waals surface area (Å²) in [5.74, 6) is 0. The Morgan fingerprint density at radius 3 is 2.57 bits per heavy atom. The molecule has 0 radical (unpaired) electrons. The molecular weight excluding hydrogens is 258 g/mol. The summed E-state index contributed by atoms with van der Waals surface area (Å²) in [6.07, 6.45) is 4.96. The molecule has 1 fully saturated rings. The van der Waals surface area contributed by atoms with Gasteiger partial charge in [-0.2, -0.15) is 0 Å². The molecule has 2 aliphatic rings. The van der Waals surface area contributed by atoms with E-state index in [1.807, 2.05) is 0 Å². The first kappa shape index (κ1) is 13.1. The van der Waals surface area contributed by atoms with E-state index >= 15 is 0 Å². The van der Waals surface area contributed by atoms with Gasteiger partial charge in [0.25, 0.3) is 0 Å². The molecule has 0 amide bonds. The second-order valence-corrected chi connectivity index (χ2v) is 6.40. The van der Waals surface area contributed by atoms with Crippen LogP contribution in [0.5, 0.6) is 0 Å². The number of benzene rings is 1. The van der Waals surface area contributed by atoms with Crippen LogP contribution in [0.15, 0.2) is 24.3 Å². The zero-order valence-corrected chi connectivity index (χ0v) is 12.8. The second-order valence-electron chi connectivity index (χ2n) is 6.40. The Morgan fingerprint density at radius 2 is 1.71 bits per heavy atom. The van der Waals surface area contributed by atoms with Crippen molar-refractivity contribution in [2.75, 3.05) is 38.1 Å². The average molecular weight is 281 g/mol. The van der Waals surface area contributed by atoms with E-state index in [1.54, 1.807) is 0 Å². The number of hydrogen-bond acceptors (Lipinski definition) is 3. The van der Waals surface area contributed by atoms with Gasteiger partial charge >= 0.3 is 0 Å². The van der Waals surface area contributed by atoms with Crippen molar-refractivity contribution in [2.24, 2.45) is 0 Å². The molecule has 0 N–H and O–H groups in total. The highest BCUT2D eigenvalue weighted by Gasteiger charge is 2.23. The van der Waals surface area contributed by atoms with E-state index in [2.05, 4.69) is 41.1 Å². The van der Waals surface area contributed by atoms with Gasteiger partial charge in [-0.1, -0.05) is 18.2 Å². The number of para-hydroxylation sites is 1. The minimum atomic E-state index is 1.14. The van der Waals surface area contributed by atoms with Gasteiger partial charge in [0.05, 0.1) is 11.2 Å². The number of piperazine rings is 1. The Morgan fingerprint density at radius 1 is 0.952 bits per heavy atom. The normalized spacial score (nSPS) is 19.8. The van der Waals surface area contributed by atoms with Gasteiger partial charge < -0.3 is 9.80 Å². The molecule has 0 unspecified atom stereocenters. The van der Waals surface area contributed by atoms with Gasteiger partial charge in [-0.15, -0.1) is 0 Å². The van der Waals surface area contributed by atoms with Crippen LogP contribution in [-0.4, -0.2) is 43.1 Å². The van der Waals surface area contributed by atoms with Crippen LogP contribution in [0.1, 0.15) is 24.1 Å². The molecule has 1 saturated heterocycles. The van der Waals surface area contributed by atoms with Crippen LogP contribution < -0.4 is 4.90 Å². The Kier molecular flexibility index (Phi) is 3.30. The van der Waals surface area contributed by atoms with E-state index < -0.39 is 0 Å². The average Bonchev–Trinajstić information content (AvgIpc) is 2.53. The maximum absolute atomic E-state index is 4.95. The largest absolute Gasteiger partial charge is 0.368 e. The molecule has 0 spiro atoms. The number of aryl methyl sites for hydroxylation is 1. The highest BCUT2D eigenvalue weighted by atomic mass is 15.2. The molecule has 1 aliphatic carbocycles. The minimum absolute atomic E-state index is 1.14. The Labute approximate surface area is 126 Å². The van der Waals surface area contributed by atoms with Crippen molar-refractivity contribution >= 4 is 16.6 Å². The van der Waals surface area contributed by atoms with Gasteiger partial charge in [0.2, 0.25) is 0 Å². The molecule has 3 heteroatoms. The summed E-state index contributed by atoms with van der Waals surface area (Å²) in [5, 5.41) is 1.35. The SMILES string of the molecule is CN1CCN(c2c3c(nc4ccccc24)CCCC3)CC1. The van der Waals surface area contributed by atoms with E-state index in [1.165, 1.54) is 47.1 Å².